The van der Waals surface area contributed by atoms with Crippen molar-refractivity contribution in [1.82, 2.24) is 0 Å². The molecule has 0 saturated carbocycles. The van der Waals surface area contributed by atoms with Gasteiger partial charge in [-0.2, -0.15) is 0 Å². The third-order valence-electron chi connectivity index (χ3n) is 4.77. The highest BCUT2D eigenvalue weighted by molar-refractivity contribution is 5.55. The van der Waals surface area contributed by atoms with Crippen LogP contribution in [0.15, 0.2) is 48.5 Å². The number of fused-ring (bicyclic) bond motifs is 4. The zero-order valence-electron chi connectivity index (χ0n) is 10.3. The van der Waals surface area contributed by atoms with Crippen LogP contribution in [0, 0.1) is 0 Å². The molecule has 0 aliphatic heterocycles. The molecule has 0 heterocycles. The molecule has 0 bridgehead atoms. The molecule has 1 N–H and O–H groups in total. The molecule has 18 heavy (non-hydrogen) atoms. The maximum Gasteiger partial charge on any atom is 0.0718 e. The molecule has 0 aromatic heterocycles. The Morgan fingerprint density at radius 1 is 0.889 bits per heavy atom. The SMILES string of the molecule is OC1Cc2ccccc2C12CCc1ccccc12. The van der Waals surface area contributed by atoms with Crippen LogP contribution in [0.4, 0.5) is 0 Å². The highest BCUT2D eigenvalue weighted by atomic mass is 16.3. The van der Waals surface area contributed by atoms with Crippen molar-refractivity contribution in [3.05, 3.63) is 70.8 Å². The summed E-state index contributed by atoms with van der Waals surface area (Å²) in [5.74, 6) is 0. The van der Waals surface area contributed by atoms with E-state index >= 15 is 0 Å². The van der Waals surface area contributed by atoms with Crippen molar-refractivity contribution in [1.29, 1.82) is 0 Å². The lowest BCUT2D eigenvalue weighted by Crippen LogP contribution is -2.34. The van der Waals surface area contributed by atoms with Gasteiger partial charge in [0, 0.05) is 5.41 Å². The summed E-state index contributed by atoms with van der Waals surface area (Å²) in [5, 5.41) is 10.6. The fraction of sp³-hybridized carbons (Fsp3) is 0.294. The van der Waals surface area contributed by atoms with Gasteiger partial charge in [0.25, 0.3) is 0 Å². The van der Waals surface area contributed by atoms with Crippen LogP contribution < -0.4 is 0 Å². The third kappa shape index (κ3) is 1.10. The summed E-state index contributed by atoms with van der Waals surface area (Å²) < 4.78 is 0. The van der Waals surface area contributed by atoms with Crippen LogP contribution in [-0.4, -0.2) is 11.2 Å². The minimum absolute atomic E-state index is 0.132. The van der Waals surface area contributed by atoms with E-state index in [2.05, 4.69) is 48.5 Å². The minimum atomic E-state index is -0.265. The molecule has 0 amide bonds. The lowest BCUT2D eigenvalue weighted by molar-refractivity contribution is 0.117. The number of aliphatic hydroxyl groups excluding tert-OH is 1. The zero-order chi connectivity index (χ0) is 12.2. The first-order valence-electron chi connectivity index (χ1n) is 6.67. The third-order valence-corrected chi connectivity index (χ3v) is 4.77. The Hall–Kier alpha value is -1.60. The molecule has 2 atom stereocenters. The highest BCUT2D eigenvalue weighted by Gasteiger charge is 2.50. The van der Waals surface area contributed by atoms with E-state index in [0.29, 0.717) is 0 Å². The molecule has 0 saturated heterocycles. The van der Waals surface area contributed by atoms with Gasteiger partial charge in [0.15, 0.2) is 0 Å². The van der Waals surface area contributed by atoms with Crippen molar-refractivity contribution in [2.75, 3.05) is 0 Å². The largest absolute Gasteiger partial charge is 0.391 e. The van der Waals surface area contributed by atoms with Crippen LogP contribution in [0.1, 0.15) is 28.7 Å². The first-order valence-corrected chi connectivity index (χ1v) is 6.67. The number of hydrogen-bond acceptors (Lipinski definition) is 1. The van der Waals surface area contributed by atoms with Gasteiger partial charge in [-0.15, -0.1) is 0 Å². The quantitative estimate of drug-likeness (QED) is 0.745. The molecule has 2 aromatic rings. The van der Waals surface area contributed by atoms with Crippen molar-refractivity contribution in [2.24, 2.45) is 0 Å². The summed E-state index contributed by atoms with van der Waals surface area (Å²) in [6.07, 6.45) is 2.66. The van der Waals surface area contributed by atoms with Gasteiger partial charge in [0.05, 0.1) is 6.10 Å². The van der Waals surface area contributed by atoms with Gasteiger partial charge in [-0.3, -0.25) is 0 Å². The predicted molar refractivity (Wildman–Crippen MR) is 71.7 cm³/mol. The Kier molecular flexibility index (Phi) is 1.98. The molecule has 2 aromatic carbocycles. The molecule has 90 valence electrons. The Morgan fingerprint density at radius 3 is 2.28 bits per heavy atom. The second kappa shape index (κ2) is 3.46. The molecule has 4 rings (SSSR count). The van der Waals surface area contributed by atoms with E-state index in [9.17, 15) is 5.11 Å². The van der Waals surface area contributed by atoms with Crippen molar-refractivity contribution in [3.8, 4) is 0 Å². The van der Waals surface area contributed by atoms with Gasteiger partial charge in [0.1, 0.15) is 0 Å². The Labute approximate surface area is 107 Å². The fourth-order valence-electron chi connectivity index (χ4n) is 3.96. The van der Waals surface area contributed by atoms with Gasteiger partial charge in [-0.25, -0.2) is 0 Å². The average Bonchev–Trinajstić information content (AvgIpc) is 2.92. The standard InChI is InChI=1S/C17H16O/c18-16-11-13-6-2-4-8-15(13)17(16)10-9-12-5-1-3-7-14(12)17/h1-8,16,18H,9-11H2. The fourth-order valence-corrected chi connectivity index (χ4v) is 3.96. The van der Waals surface area contributed by atoms with Crippen LogP contribution in [0.5, 0.6) is 0 Å². The molecule has 2 unspecified atom stereocenters. The van der Waals surface area contributed by atoms with E-state index in [1.807, 2.05) is 0 Å². The summed E-state index contributed by atoms with van der Waals surface area (Å²) in [4.78, 5) is 0. The average molecular weight is 236 g/mol. The minimum Gasteiger partial charge on any atom is -0.391 e. The van der Waals surface area contributed by atoms with Crippen LogP contribution in [0.25, 0.3) is 0 Å². The maximum absolute atomic E-state index is 10.6. The summed E-state index contributed by atoms with van der Waals surface area (Å²) in [5.41, 5.74) is 5.30. The van der Waals surface area contributed by atoms with Gasteiger partial charge >= 0.3 is 0 Å². The Balaban J connectivity index is 2.01. The second-order valence-electron chi connectivity index (χ2n) is 5.51. The molecular formula is C17H16O. The van der Waals surface area contributed by atoms with Crippen LogP contribution >= 0.6 is 0 Å². The monoisotopic (exact) mass is 236 g/mol. The summed E-state index contributed by atoms with van der Waals surface area (Å²) in [6, 6.07) is 17.1. The lowest BCUT2D eigenvalue weighted by Gasteiger charge is -2.30. The second-order valence-corrected chi connectivity index (χ2v) is 5.51. The van der Waals surface area contributed by atoms with Crippen molar-refractivity contribution in [2.45, 2.75) is 30.8 Å². The number of rotatable bonds is 0. The van der Waals surface area contributed by atoms with E-state index in [0.717, 1.165) is 19.3 Å². The summed E-state index contributed by atoms with van der Waals surface area (Å²) in [6.45, 7) is 0. The highest BCUT2D eigenvalue weighted by Crippen LogP contribution is 2.51. The van der Waals surface area contributed by atoms with Gasteiger partial charge in [0.2, 0.25) is 0 Å². The number of aliphatic hydroxyl groups is 1. The Bertz CT molecular complexity index is 604. The van der Waals surface area contributed by atoms with E-state index < -0.39 is 0 Å². The molecule has 2 aliphatic carbocycles. The Morgan fingerprint density at radius 2 is 1.50 bits per heavy atom. The lowest BCUT2D eigenvalue weighted by atomic mass is 9.75. The predicted octanol–water partition coefficient (Wildman–Crippen LogP) is 2.84. The first kappa shape index (κ1) is 10.3. The van der Waals surface area contributed by atoms with Crippen LogP contribution in [-0.2, 0) is 18.3 Å². The smallest absolute Gasteiger partial charge is 0.0718 e. The number of benzene rings is 2. The number of aryl methyl sites for hydroxylation is 1. The molecule has 2 aliphatic rings. The van der Waals surface area contributed by atoms with Crippen molar-refractivity contribution >= 4 is 0 Å². The molecule has 1 nitrogen and oxygen atoms in total. The topological polar surface area (TPSA) is 20.2 Å². The van der Waals surface area contributed by atoms with E-state index in [1.54, 1.807) is 0 Å². The van der Waals surface area contributed by atoms with Gasteiger partial charge in [-0.05, 0) is 41.5 Å². The summed E-state index contributed by atoms with van der Waals surface area (Å²) in [7, 11) is 0. The van der Waals surface area contributed by atoms with Gasteiger partial charge < -0.3 is 5.11 Å². The zero-order valence-corrected chi connectivity index (χ0v) is 10.3. The van der Waals surface area contributed by atoms with Crippen LogP contribution in [0.2, 0.25) is 0 Å². The van der Waals surface area contributed by atoms with E-state index in [1.165, 1.54) is 22.3 Å². The first-order chi connectivity index (χ1) is 8.82. The van der Waals surface area contributed by atoms with E-state index in [-0.39, 0.29) is 11.5 Å². The molecule has 0 fully saturated rings. The van der Waals surface area contributed by atoms with E-state index in [4.69, 9.17) is 0 Å². The molecule has 1 heteroatoms. The van der Waals surface area contributed by atoms with Crippen molar-refractivity contribution in [3.63, 3.8) is 0 Å². The summed E-state index contributed by atoms with van der Waals surface area (Å²) >= 11 is 0. The normalized spacial score (nSPS) is 28.4. The maximum atomic E-state index is 10.6. The molecular weight excluding hydrogens is 220 g/mol. The molecule has 0 radical (unpaired) electrons. The van der Waals surface area contributed by atoms with Gasteiger partial charge in [-0.1, -0.05) is 48.5 Å². The number of hydrogen-bond donors (Lipinski definition) is 1. The van der Waals surface area contributed by atoms with Crippen LogP contribution in [0.3, 0.4) is 0 Å². The molecule has 1 spiro atoms. The van der Waals surface area contributed by atoms with Crippen molar-refractivity contribution < 1.29 is 5.11 Å².